The van der Waals surface area contributed by atoms with E-state index in [2.05, 4.69) is 13.6 Å². The van der Waals surface area contributed by atoms with E-state index < -0.39 is 10.1 Å². The molecule has 0 amide bonds. The summed E-state index contributed by atoms with van der Waals surface area (Å²) in [6, 6.07) is 13.9. The molecule has 0 aromatic heterocycles. The standard InChI is InChI=1S/C16H19O3PS/c1-12-4-10-16(11-5-12)21(17,18)19-15-8-6-14(7-9-15)13(2)20-3/h4-11,13,20H,1-3H3. The van der Waals surface area contributed by atoms with E-state index in [9.17, 15) is 8.42 Å². The van der Waals surface area contributed by atoms with Gasteiger partial charge in [-0.3, -0.25) is 0 Å². The van der Waals surface area contributed by atoms with Crippen molar-refractivity contribution in [2.24, 2.45) is 0 Å². The SMILES string of the molecule is CPC(C)c1ccc(OS(=O)(=O)c2ccc(C)cc2)cc1. The third-order valence-corrected chi connectivity index (χ3v) is 5.79. The Morgan fingerprint density at radius 3 is 2.10 bits per heavy atom. The molecule has 3 nitrogen and oxygen atoms in total. The van der Waals surface area contributed by atoms with Crippen molar-refractivity contribution >= 4 is 18.7 Å². The molecule has 2 aromatic rings. The average Bonchev–Trinajstić information content (AvgIpc) is 2.47. The van der Waals surface area contributed by atoms with Crippen LogP contribution in [-0.2, 0) is 10.1 Å². The van der Waals surface area contributed by atoms with Crippen molar-refractivity contribution in [1.29, 1.82) is 0 Å². The highest BCUT2D eigenvalue weighted by Gasteiger charge is 2.16. The van der Waals surface area contributed by atoms with Crippen LogP contribution in [0.5, 0.6) is 5.75 Å². The van der Waals surface area contributed by atoms with Crippen LogP contribution in [-0.4, -0.2) is 15.1 Å². The van der Waals surface area contributed by atoms with Crippen molar-refractivity contribution in [3.05, 3.63) is 59.7 Å². The Bertz CT molecular complexity index is 691. The molecule has 2 aromatic carbocycles. The van der Waals surface area contributed by atoms with Gasteiger partial charge in [-0.2, -0.15) is 8.42 Å². The van der Waals surface area contributed by atoms with Gasteiger partial charge >= 0.3 is 10.1 Å². The van der Waals surface area contributed by atoms with Gasteiger partial charge in [0.2, 0.25) is 0 Å². The van der Waals surface area contributed by atoms with Crippen LogP contribution >= 0.6 is 8.58 Å². The Kier molecular flexibility index (Phi) is 5.02. The lowest BCUT2D eigenvalue weighted by molar-refractivity contribution is 0.486. The highest BCUT2D eigenvalue weighted by atomic mass is 32.2. The highest BCUT2D eigenvalue weighted by Crippen LogP contribution is 2.32. The van der Waals surface area contributed by atoms with Crippen LogP contribution < -0.4 is 4.18 Å². The van der Waals surface area contributed by atoms with Crippen LogP contribution in [0.3, 0.4) is 0 Å². The summed E-state index contributed by atoms with van der Waals surface area (Å²) in [5.74, 6) is 0.339. The van der Waals surface area contributed by atoms with Gasteiger partial charge in [0.15, 0.2) is 0 Å². The first-order valence-corrected chi connectivity index (χ1v) is 9.69. The molecule has 0 aliphatic heterocycles. The fourth-order valence-electron chi connectivity index (χ4n) is 1.86. The number of hydrogen-bond donors (Lipinski definition) is 0. The van der Waals surface area contributed by atoms with E-state index in [1.807, 2.05) is 19.1 Å². The molecule has 0 spiro atoms. The van der Waals surface area contributed by atoms with Gasteiger partial charge in [0.25, 0.3) is 0 Å². The second-order valence-corrected chi connectivity index (χ2v) is 7.92. The lowest BCUT2D eigenvalue weighted by atomic mass is 10.2. The molecule has 2 unspecified atom stereocenters. The van der Waals surface area contributed by atoms with Gasteiger partial charge in [-0.15, -0.1) is 8.58 Å². The molecule has 0 fully saturated rings. The topological polar surface area (TPSA) is 43.4 Å². The molecule has 5 heteroatoms. The van der Waals surface area contributed by atoms with E-state index in [1.54, 1.807) is 36.4 Å². The smallest absolute Gasteiger partial charge is 0.339 e. The average molecular weight is 322 g/mol. The maximum absolute atomic E-state index is 12.2. The van der Waals surface area contributed by atoms with Gasteiger partial charge in [-0.05, 0) is 49.1 Å². The molecule has 2 rings (SSSR count). The molecule has 112 valence electrons. The fourth-order valence-corrected chi connectivity index (χ4v) is 3.31. The zero-order chi connectivity index (χ0) is 15.5. The Hall–Kier alpha value is -1.38. The maximum Gasteiger partial charge on any atom is 0.339 e. The molecule has 0 aliphatic rings. The second-order valence-electron chi connectivity index (χ2n) is 4.93. The predicted molar refractivity (Wildman–Crippen MR) is 88.1 cm³/mol. The van der Waals surface area contributed by atoms with Crippen LogP contribution in [0.15, 0.2) is 53.4 Å². The molecule has 0 N–H and O–H groups in total. The van der Waals surface area contributed by atoms with Crippen LogP contribution in [0.4, 0.5) is 0 Å². The number of hydrogen-bond acceptors (Lipinski definition) is 3. The number of aryl methyl sites for hydroxylation is 1. The van der Waals surface area contributed by atoms with Gasteiger partial charge in [0.05, 0.1) is 0 Å². The van der Waals surface area contributed by atoms with Gasteiger partial charge < -0.3 is 4.18 Å². The number of rotatable bonds is 5. The lowest BCUT2D eigenvalue weighted by Crippen LogP contribution is -2.09. The fraction of sp³-hybridized carbons (Fsp3) is 0.250. The normalized spacial score (nSPS) is 13.5. The molecule has 2 atom stereocenters. The zero-order valence-electron chi connectivity index (χ0n) is 12.3. The maximum atomic E-state index is 12.2. The molecule has 0 saturated carbocycles. The lowest BCUT2D eigenvalue weighted by Gasteiger charge is -2.11. The number of benzene rings is 2. The van der Waals surface area contributed by atoms with Gasteiger partial charge in [-0.1, -0.05) is 36.8 Å². The quantitative estimate of drug-likeness (QED) is 0.614. The monoisotopic (exact) mass is 322 g/mol. The van der Waals surface area contributed by atoms with Gasteiger partial charge in [-0.25, -0.2) is 0 Å². The van der Waals surface area contributed by atoms with E-state index in [0.717, 1.165) is 14.1 Å². The van der Waals surface area contributed by atoms with Crippen LogP contribution in [0, 0.1) is 6.92 Å². The van der Waals surface area contributed by atoms with Crippen molar-refractivity contribution in [2.75, 3.05) is 6.66 Å². The third-order valence-electron chi connectivity index (χ3n) is 3.33. The Morgan fingerprint density at radius 2 is 1.57 bits per heavy atom. The second kappa shape index (κ2) is 6.59. The minimum absolute atomic E-state index is 0.167. The van der Waals surface area contributed by atoms with E-state index in [1.165, 1.54) is 5.56 Å². The van der Waals surface area contributed by atoms with Crippen LogP contribution in [0.2, 0.25) is 0 Å². The largest absolute Gasteiger partial charge is 0.379 e. The summed E-state index contributed by atoms with van der Waals surface area (Å²) in [6.07, 6.45) is 0. The molecule has 0 bridgehead atoms. The molecule has 0 radical (unpaired) electrons. The van der Waals surface area contributed by atoms with E-state index in [4.69, 9.17) is 4.18 Å². The van der Waals surface area contributed by atoms with Gasteiger partial charge in [0, 0.05) is 0 Å². The van der Waals surface area contributed by atoms with E-state index >= 15 is 0 Å². The summed E-state index contributed by atoms with van der Waals surface area (Å²) in [5.41, 5.74) is 2.68. The highest BCUT2D eigenvalue weighted by molar-refractivity contribution is 7.87. The minimum Gasteiger partial charge on any atom is -0.379 e. The zero-order valence-corrected chi connectivity index (χ0v) is 14.1. The van der Waals surface area contributed by atoms with Crippen molar-refractivity contribution in [3.63, 3.8) is 0 Å². The molecular weight excluding hydrogens is 303 g/mol. The summed E-state index contributed by atoms with van der Waals surface area (Å²) in [6.45, 7) is 6.21. The Labute approximate surface area is 128 Å². The molecule has 0 saturated heterocycles. The van der Waals surface area contributed by atoms with Crippen molar-refractivity contribution in [2.45, 2.75) is 24.4 Å². The Balaban J connectivity index is 2.19. The first-order valence-electron chi connectivity index (χ1n) is 6.71. The summed E-state index contributed by atoms with van der Waals surface area (Å²) >= 11 is 0. The minimum atomic E-state index is -3.77. The van der Waals surface area contributed by atoms with Crippen molar-refractivity contribution in [1.82, 2.24) is 0 Å². The first kappa shape index (κ1) is 16.0. The van der Waals surface area contributed by atoms with Crippen LogP contribution in [0.1, 0.15) is 23.7 Å². The Morgan fingerprint density at radius 1 is 1.00 bits per heavy atom. The summed E-state index contributed by atoms with van der Waals surface area (Å²) in [4.78, 5) is 0.167. The predicted octanol–water partition coefficient (Wildman–Crippen LogP) is 4.13. The van der Waals surface area contributed by atoms with Crippen molar-refractivity contribution < 1.29 is 12.6 Å². The van der Waals surface area contributed by atoms with E-state index in [0.29, 0.717) is 11.4 Å². The molecule has 21 heavy (non-hydrogen) atoms. The van der Waals surface area contributed by atoms with E-state index in [-0.39, 0.29) is 4.90 Å². The first-order chi connectivity index (χ1) is 9.92. The molecule has 0 heterocycles. The summed E-state index contributed by atoms with van der Waals surface area (Å²) in [7, 11) is -2.95. The van der Waals surface area contributed by atoms with Crippen LogP contribution in [0.25, 0.3) is 0 Å². The summed E-state index contributed by atoms with van der Waals surface area (Å²) in [5, 5.41) is 0. The molecule has 0 aliphatic carbocycles. The molecular formula is C16H19O3PS. The third kappa shape index (κ3) is 4.05. The van der Waals surface area contributed by atoms with Crippen molar-refractivity contribution in [3.8, 4) is 5.75 Å². The summed E-state index contributed by atoms with van der Waals surface area (Å²) < 4.78 is 29.5. The van der Waals surface area contributed by atoms with Gasteiger partial charge in [0.1, 0.15) is 10.6 Å².